The first kappa shape index (κ1) is 20.1. The number of halogens is 3. The Morgan fingerprint density at radius 1 is 1.17 bits per heavy atom. The van der Waals surface area contributed by atoms with Crippen molar-refractivity contribution in [3.63, 3.8) is 0 Å². The van der Waals surface area contributed by atoms with Crippen LogP contribution in [0.5, 0.6) is 5.75 Å². The first-order chi connectivity index (χ1) is 11.3. The molecule has 3 N–H and O–H groups in total. The second-order valence-electron chi connectivity index (χ2n) is 5.20. The third kappa shape index (κ3) is 8.61. The molecule has 0 fully saturated rings. The summed E-state index contributed by atoms with van der Waals surface area (Å²) < 4.78 is 40.0. The Kier molecular flexibility index (Phi) is 8.39. The molecule has 0 heterocycles. The van der Waals surface area contributed by atoms with E-state index in [1.807, 2.05) is 0 Å². The number of benzene rings is 1. The Labute approximate surface area is 140 Å². The van der Waals surface area contributed by atoms with Crippen molar-refractivity contribution in [2.75, 3.05) is 31.5 Å². The maximum Gasteiger partial charge on any atom is 0.573 e. The van der Waals surface area contributed by atoms with E-state index in [9.17, 15) is 13.2 Å². The van der Waals surface area contributed by atoms with Crippen LogP contribution in [-0.4, -0.2) is 43.4 Å². The predicted octanol–water partition coefficient (Wildman–Crippen LogP) is 3.43. The topological polar surface area (TPSA) is 62.9 Å². The second-order valence-corrected chi connectivity index (χ2v) is 5.20. The fourth-order valence-corrected chi connectivity index (χ4v) is 2.11. The maximum atomic E-state index is 12.1. The van der Waals surface area contributed by atoms with Gasteiger partial charge in [0.2, 0.25) is 0 Å². The summed E-state index contributed by atoms with van der Waals surface area (Å²) in [7, 11) is 0. The van der Waals surface area contributed by atoms with E-state index in [0.717, 1.165) is 32.5 Å². The highest BCUT2D eigenvalue weighted by Gasteiger charge is 2.30. The molecule has 0 radical (unpaired) electrons. The van der Waals surface area contributed by atoms with Crippen LogP contribution in [0.1, 0.15) is 26.7 Å². The number of alkyl halides is 3. The van der Waals surface area contributed by atoms with Crippen molar-refractivity contribution < 1.29 is 17.9 Å². The average molecular weight is 346 g/mol. The molecular formula is C16H25F3N4O. The Morgan fingerprint density at radius 2 is 1.79 bits per heavy atom. The molecule has 0 atom stereocenters. The van der Waals surface area contributed by atoms with Crippen molar-refractivity contribution in [1.82, 2.24) is 4.90 Å². The molecular weight excluding hydrogens is 321 g/mol. The lowest BCUT2D eigenvalue weighted by Crippen LogP contribution is -2.24. The van der Waals surface area contributed by atoms with Gasteiger partial charge in [-0.15, -0.1) is 13.2 Å². The van der Waals surface area contributed by atoms with Gasteiger partial charge >= 0.3 is 6.36 Å². The smallest absolute Gasteiger partial charge is 0.406 e. The van der Waals surface area contributed by atoms with Gasteiger partial charge < -0.3 is 20.7 Å². The lowest BCUT2D eigenvalue weighted by Gasteiger charge is -2.17. The summed E-state index contributed by atoms with van der Waals surface area (Å²) in [5, 5.41) is 2.83. The van der Waals surface area contributed by atoms with Gasteiger partial charge in [0.05, 0.1) is 0 Å². The molecule has 0 aliphatic carbocycles. The summed E-state index contributed by atoms with van der Waals surface area (Å²) in [6.07, 6.45) is -2.72. The van der Waals surface area contributed by atoms with Gasteiger partial charge in [-0.1, -0.05) is 13.8 Å². The molecule has 0 saturated heterocycles. The van der Waals surface area contributed by atoms with Crippen LogP contribution in [0.15, 0.2) is 29.3 Å². The molecule has 136 valence electrons. The normalized spacial score (nSPS) is 12.5. The van der Waals surface area contributed by atoms with Crippen LogP contribution < -0.4 is 15.8 Å². The Bertz CT molecular complexity index is 499. The van der Waals surface area contributed by atoms with Gasteiger partial charge in [0.1, 0.15) is 5.75 Å². The average Bonchev–Trinajstić information content (AvgIpc) is 2.51. The van der Waals surface area contributed by atoms with Gasteiger partial charge in [-0.25, -0.2) is 0 Å². The summed E-state index contributed by atoms with van der Waals surface area (Å²) in [5.74, 6) is -0.0395. The predicted molar refractivity (Wildman–Crippen MR) is 90.3 cm³/mol. The second kappa shape index (κ2) is 10.0. The number of hydrogen-bond acceptors (Lipinski definition) is 3. The molecule has 1 rings (SSSR count). The highest BCUT2D eigenvalue weighted by atomic mass is 19.4. The fraction of sp³-hybridized carbons (Fsp3) is 0.562. The molecule has 1 aromatic carbocycles. The highest BCUT2D eigenvalue weighted by Crippen LogP contribution is 2.23. The SMILES string of the molecule is CCN(CC)CCCCN=C(N)Nc1ccc(OC(F)(F)F)cc1. The van der Waals surface area contributed by atoms with Crippen molar-refractivity contribution >= 4 is 11.6 Å². The molecule has 5 nitrogen and oxygen atoms in total. The van der Waals surface area contributed by atoms with Crippen molar-refractivity contribution in [3.05, 3.63) is 24.3 Å². The number of hydrogen-bond donors (Lipinski definition) is 2. The van der Waals surface area contributed by atoms with Crippen LogP contribution in [0.25, 0.3) is 0 Å². The third-order valence-electron chi connectivity index (χ3n) is 3.42. The zero-order chi connectivity index (χ0) is 18.0. The molecule has 1 aromatic rings. The first-order valence-corrected chi connectivity index (χ1v) is 7.99. The standard InChI is InChI=1S/C16H25F3N4O/c1-3-23(4-2)12-6-5-11-21-15(20)22-13-7-9-14(10-8-13)24-16(17,18)19/h7-10H,3-6,11-12H2,1-2H3,(H3,20,21,22). The summed E-state index contributed by atoms with van der Waals surface area (Å²) in [5.41, 5.74) is 6.31. The summed E-state index contributed by atoms with van der Waals surface area (Å²) in [6.45, 7) is 7.99. The monoisotopic (exact) mass is 346 g/mol. The van der Waals surface area contributed by atoms with Gasteiger partial charge in [-0.3, -0.25) is 4.99 Å². The highest BCUT2D eigenvalue weighted by molar-refractivity contribution is 5.92. The number of rotatable bonds is 9. The molecule has 0 aromatic heterocycles. The van der Waals surface area contributed by atoms with Crippen LogP contribution in [0.4, 0.5) is 18.9 Å². The Hall–Kier alpha value is -1.96. The number of nitrogens with two attached hydrogens (primary N) is 1. The van der Waals surface area contributed by atoms with Crippen LogP contribution in [-0.2, 0) is 0 Å². The first-order valence-electron chi connectivity index (χ1n) is 7.99. The van der Waals surface area contributed by atoms with E-state index >= 15 is 0 Å². The molecule has 0 saturated carbocycles. The van der Waals surface area contributed by atoms with E-state index in [-0.39, 0.29) is 11.7 Å². The fourth-order valence-electron chi connectivity index (χ4n) is 2.11. The van der Waals surface area contributed by atoms with Crippen molar-refractivity contribution in [3.8, 4) is 5.75 Å². The van der Waals surface area contributed by atoms with E-state index in [2.05, 4.69) is 33.8 Å². The number of guanidine groups is 1. The maximum absolute atomic E-state index is 12.1. The molecule has 0 bridgehead atoms. The minimum atomic E-state index is -4.69. The molecule has 0 aliphatic heterocycles. The third-order valence-corrected chi connectivity index (χ3v) is 3.42. The van der Waals surface area contributed by atoms with Crippen LogP contribution >= 0.6 is 0 Å². The van der Waals surface area contributed by atoms with E-state index in [1.165, 1.54) is 24.3 Å². The Balaban J connectivity index is 2.34. The van der Waals surface area contributed by atoms with Crippen molar-refractivity contribution in [2.45, 2.75) is 33.1 Å². The summed E-state index contributed by atoms with van der Waals surface area (Å²) in [6, 6.07) is 5.33. The van der Waals surface area contributed by atoms with Gasteiger partial charge in [-0.05, 0) is 56.7 Å². The molecule has 24 heavy (non-hydrogen) atoms. The number of aliphatic imine (C=N–C) groups is 1. The molecule has 0 aliphatic rings. The number of unbranched alkanes of at least 4 members (excludes halogenated alkanes) is 1. The molecule has 0 unspecified atom stereocenters. The largest absolute Gasteiger partial charge is 0.573 e. The van der Waals surface area contributed by atoms with Gasteiger partial charge in [0.25, 0.3) is 0 Å². The molecule has 8 heteroatoms. The number of nitrogens with one attached hydrogen (secondary N) is 1. The zero-order valence-corrected chi connectivity index (χ0v) is 14.1. The number of nitrogens with zero attached hydrogens (tertiary/aromatic N) is 2. The van der Waals surface area contributed by atoms with E-state index in [4.69, 9.17) is 5.73 Å². The molecule has 0 spiro atoms. The van der Waals surface area contributed by atoms with Crippen LogP contribution in [0.3, 0.4) is 0 Å². The van der Waals surface area contributed by atoms with Gasteiger partial charge in [0.15, 0.2) is 5.96 Å². The van der Waals surface area contributed by atoms with Crippen molar-refractivity contribution in [1.29, 1.82) is 0 Å². The van der Waals surface area contributed by atoms with Crippen molar-refractivity contribution in [2.24, 2.45) is 10.7 Å². The van der Waals surface area contributed by atoms with E-state index in [1.54, 1.807) is 0 Å². The summed E-state index contributed by atoms with van der Waals surface area (Å²) >= 11 is 0. The minimum Gasteiger partial charge on any atom is -0.406 e. The minimum absolute atomic E-state index is 0.238. The summed E-state index contributed by atoms with van der Waals surface area (Å²) in [4.78, 5) is 6.55. The van der Waals surface area contributed by atoms with Crippen LogP contribution in [0, 0.1) is 0 Å². The number of ether oxygens (including phenoxy) is 1. The van der Waals surface area contributed by atoms with Crippen LogP contribution in [0.2, 0.25) is 0 Å². The van der Waals surface area contributed by atoms with Gasteiger partial charge in [0, 0.05) is 12.2 Å². The quantitative estimate of drug-likeness (QED) is 0.408. The lowest BCUT2D eigenvalue weighted by atomic mass is 10.3. The number of anilines is 1. The van der Waals surface area contributed by atoms with E-state index < -0.39 is 6.36 Å². The van der Waals surface area contributed by atoms with E-state index in [0.29, 0.717) is 12.2 Å². The van der Waals surface area contributed by atoms with Gasteiger partial charge in [-0.2, -0.15) is 0 Å². The molecule has 0 amide bonds. The lowest BCUT2D eigenvalue weighted by molar-refractivity contribution is -0.274. The Morgan fingerprint density at radius 3 is 2.33 bits per heavy atom. The zero-order valence-electron chi connectivity index (χ0n) is 14.1.